The molecule has 1 N–H and O–H groups in total. The fraction of sp³-hybridized carbons (Fsp3) is 0.278. The molecule has 10 heteroatoms. The Morgan fingerprint density at radius 3 is 2.54 bits per heavy atom. The van der Waals surface area contributed by atoms with E-state index in [1.54, 1.807) is 18.2 Å². The van der Waals surface area contributed by atoms with E-state index in [9.17, 15) is 20.2 Å². The predicted octanol–water partition coefficient (Wildman–Crippen LogP) is 4.14. The summed E-state index contributed by atoms with van der Waals surface area (Å²) in [6.07, 6.45) is 3.40. The fourth-order valence-electron chi connectivity index (χ4n) is 2.27. The van der Waals surface area contributed by atoms with Crippen molar-refractivity contribution in [3.63, 3.8) is 0 Å². The molecular weight excluding hydrogens is 368 g/mol. The number of nitro groups is 2. The molecule has 0 radical (unpaired) electrons. The van der Waals surface area contributed by atoms with Gasteiger partial charge in [0.2, 0.25) is 0 Å². The maximum absolute atomic E-state index is 11.1. The van der Waals surface area contributed by atoms with E-state index in [1.807, 2.05) is 0 Å². The van der Waals surface area contributed by atoms with Gasteiger partial charge in [-0.25, -0.2) is 0 Å². The Labute approximate surface area is 161 Å². The third-order valence-corrected chi connectivity index (χ3v) is 3.73. The standard InChI is InChI=1S/C18H20N4O6/c1-3-4-9-28-17-8-5-13(10-18(17)27-2)12-19-20-15-7-6-14(21(23)24)11-16(15)22(25)26/h5-8,10-12,20H,3-4,9H2,1-2H3/b19-12-. The average molecular weight is 388 g/mol. The summed E-state index contributed by atoms with van der Waals surface area (Å²) >= 11 is 0. The van der Waals surface area contributed by atoms with Gasteiger partial charge >= 0.3 is 5.69 Å². The van der Waals surface area contributed by atoms with Crippen LogP contribution < -0.4 is 14.9 Å². The van der Waals surface area contributed by atoms with Crippen LogP contribution in [0.5, 0.6) is 11.5 Å². The molecule has 0 saturated carbocycles. The molecule has 2 aromatic carbocycles. The zero-order chi connectivity index (χ0) is 20.5. The second-order valence-corrected chi connectivity index (χ2v) is 5.70. The van der Waals surface area contributed by atoms with Crippen molar-refractivity contribution in [2.45, 2.75) is 19.8 Å². The Morgan fingerprint density at radius 2 is 1.89 bits per heavy atom. The lowest BCUT2D eigenvalue weighted by molar-refractivity contribution is -0.393. The van der Waals surface area contributed by atoms with Crippen molar-refractivity contribution in [1.29, 1.82) is 0 Å². The predicted molar refractivity (Wildman–Crippen MR) is 104 cm³/mol. The molecule has 0 aliphatic heterocycles. The molecule has 0 aromatic heterocycles. The molecule has 10 nitrogen and oxygen atoms in total. The van der Waals surface area contributed by atoms with Crippen molar-refractivity contribution in [3.05, 3.63) is 62.2 Å². The summed E-state index contributed by atoms with van der Waals surface area (Å²) < 4.78 is 11.0. The highest BCUT2D eigenvalue weighted by molar-refractivity contribution is 5.82. The third kappa shape index (κ3) is 5.40. The second kappa shape index (κ2) is 9.86. The molecule has 0 aliphatic rings. The first kappa shape index (κ1) is 20.6. The van der Waals surface area contributed by atoms with E-state index in [1.165, 1.54) is 19.4 Å². The second-order valence-electron chi connectivity index (χ2n) is 5.70. The summed E-state index contributed by atoms with van der Waals surface area (Å²) in [7, 11) is 1.53. The van der Waals surface area contributed by atoms with Gasteiger partial charge in [-0.05, 0) is 36.2 Å². The minimum absolute atomic E-state index is 0.0401. The van der Waals surface area contributed by atoms with Crippen molar-refractivity contribution in [3.8, 4) is 11.5 Å². The number of non-ortho nitro benzene ring substituents is 1. The van der Waals surface area contributed by atoms with Crippen LogP contribution >= 0.6 is 0 Å². The number of rotatable bonds is 10. The zero-order valence-corrected chi connectivity index (χ0v) is 15.5. The van der Waals surface area contributed by atoms with Gasteiger partial charge in [-0.3, -0.25) is 25.7 Å². The first-order valence-electron chi connectivity index (χ1n) is 8.49. The van der Waals surface area contributed by atoms with E-state index in [4.69, 9.17) is 9.47 Å². The Kier molecular flexibility index (Phi) is 7.26. The van der Waals surface area contributed by atoms with Crippen molar-refractivity contribution in [2.75, 3.05) is 19.1 Å². The molecule has 0 spiro atoms. The number of nitrogens with one attached hydrogen (secondary N) is 1. The lowest BCUT2D eigenvalue weighted by Gasteiger charge is -2.10. The molecule has 0 saturated heterocycles. The molecule has 0 atom stereocenters. The van der Waals surface area contributed by atoms with Gasteiger partial charge in [-0.2, -0.15) is 5.10 Å². The van der Waals surface area contributed by atoms with Crippen LogP contribution in [0.15, 0.2) is 41.5 Å². The Balaban J connectivity index is 2.14. The zero-order valence-electron chi connectivity index (χ0n) is 15.5. The summed E-state index contributed by atoms with van der Waals surface area (Å²) in [6.45, 7) is 2.66. The number of nitro benzene ring substituents is 2. The first-order valence-corrected chi connectivity index (χ1v) is 8.49. The quantitative estimate of drug-likeness (QED) is 0.280. The lowest BCUT2D eigenvalue weighted by atomic mass is 10.2. The summed E-state index contributed by atoms with van der Waals surface area (Å²) in [4.78, 5) is 20.5. The van der Waals surface area contributed by atoms with Crippen LogP contribution in [0.3, 0.4) is 0 Å². The maximum atomic E-state index is 11.1. The summed E-state index contributed by atoms with van der Waals surface area (Å²) in [6, 6.07) is 8.51. The molecule has 28 heavy (non-hydrogen) atoms. The summed E-state index contributed by atoms with van der Waals surface area (Å²) in [5, 5.41) is 25.9. The highest BCUT2D eigenvalue weighted by atomic mass is 16.6. The van der Waals surface area contributed by atoms with Crippen LogP contribution in [0, 0.1) is 20.2 Å². The van der Waals surface area contributed by atoms with Gasteiger partial charge in [-0.15, -0.1) is 0 Å². The maximum Gasteiger partial charge on any atom is 0.301 e. The SMILES string of the molecule is CCCCOc1ccc(/C=N\Nc2ccc([N+](=O)[O-])cc2[N+](=O)[O-])cc1OC. The van der Waals surface area contributed by atoms with Crippen LogP contribution in [0.25, 0.3) is 0 Å². The topological polar surface area (TPSA) is 129 Å². The number of unbranched alkanes of at least 4 members (excludes halogenated alkanes) is 1. The Hall–Kier alpha value is -3.69. The minimum atomic E-state index is -0.712. The number of anilines is 1. The first-order chi connectivity index (χ1) is 13.5. The Bertz CT molecular complexity index is 884. The third-order valence-electron chi connectivity index (χ3n) is 3.73. The highest BCUT2D eigenvalue weighted by Crippen LogP contribution is 2.29. The van der Waals surface area contributed by atoms with E-state index in [2.05, 4.69) is 17.5 Å². The van der Waals surface area contributed by atoms with Gasteiger partial charge in [0.15, 0.2) is 11.5 Å². The largest absolute Gasteiger partial charge is 0.493 e. The number of methoxy groups -OCH3 is 1. The van der Waals surface area contributed by atoms with Crippen LogP contribution in [0.1, 0.15) is 25.3 Å². The van der Waals surface area contributed by atoms with Gasteiger partial charge in [0.25, 0.3) is 5.69 Å². The number of nitrogens with zero attached hydrogens (tertiary/aromatic N) is 3. The van der Waals surface area contributed by atoms with Crippen LogP contribution in [-0.2, 0) is 0 Å². The van der Waals surface area contributed by atoms with Gasteiger partial charge in [0, 0.05) is 6.07 Å². The van der Waals surface area contributed by atoms with Crippen LogP contribution in [-0.4, -0.2) is 29.8 Å². The van der Waals surface area contributed by atoms with Crippen molar-refractivity contribution in [1.82, 2.24) is 0 Å². The molecular formula is C18H20N4O6. The minimum Gasteiger partial charge on any atom is -0.493 e. The molecule has 0 amide bonds. The van der Waals surface area contributed by atoms with Gasteiger partial charge in [0.05, 0.1) is 35.8 Å². The van der Waals surface area contributed by atoms with Gasteiger partial charge < -0.3 is 9.47 Å². The highest BCUT2D eigenvalue weighted by Gasteiger charge is 2.19. The van der Waals surface area contributed by atoms with Gasteiger partial charge in [0.1, 0.15) is 5.69 Å². The van der Waals surface area contributed by atoms with Crippen molar-refractivity contribution >= 4 is 23.3 Å². The monoisotopic (exact) mass is 388 g/mol. The smallest absolute Gasteiger partial charge is 0.301 e. The number of hydrogen-bond acceptors (Lipinski definition) is 8. The van der Waals surface area contributed by atoms with E-state index in [-0.39, 0.29) is 11.4 Å². The number of hydrogen-bond donors (Lipinski definition) is 1. The normalized spacial score (nSPS) is 10.6. The van der Waals surface area contributed by atoms with E-state index in [0.29, 0.717) is 23.7 Å². The average Bonchev–Trinajstić information content (AvgIpc) is 2.68. The molecule has 0 heterocycles. The number of ether oxygens (including phenoxy) is 2. The Morgan fingerprint density at radius 1 is 1.11 bits per heavy atom. The van der Waals surface area contributed by atoms with E-state index < -0.39 is 15.5 Å². The molecule has 0 fully saturated rings. The molecule has 0 aliphatic carbocycles. The van der Waals surface area contributed by atoms with Gasteiger partial charge in [-0.1, -0.05) is 13.3 Å². The lowest BCUT2D eigenvalue weighted by Crippen LogP contribution is -2.00. The molecule has 0 bridgehead atoms. The van der Waals surface area contributed by atoms with Crippen LogP contribution in [0.2, 0.25) is 0 Å². The molecule has 2 aromatic rings. The van der Waals surface area contributed by atoms with Crippen LogP contribution in [0.4, 0.5) is 17.1 Å². The van der Waals surface area contributed by atoms with E-state index >= 15 is 0 Å². The molecule has 0 unspecified atom stereocenters. The number of benzene rings is 2. The van der Waals surface area contributed by atoms with Crippen molar-refractivity contribution < 1.29 is 19.3 Å². The molecule has 2 rings (SSSR count). The fourth-order valence-corrected chi connectivity index (χ4v) is 2.27. The number of hydrazone groups is 1. The van der Waals surface area contributed by atoms with E-state index in [0.717, 1.165) is 25.0 Å². The van der Waals surface area contributed by atoms with Crippen molar-refractivity contribution in [2.24, 2.45) is 5.10 Å². The summed E-state index contributed by atoms with van der Waals surface area (Å²) in [5.74, 6) is 1.16. The molecule has 148 valence electrons. The summed E-state index contributed by atoms with van der Waals surface area (Å²) in [5.41, 5.74) is 2.44.